The predicted molar refractivity (Wildman–Crippen MR) is 73.9 cm³/mol. The highest BCUT2D eigenvalue weighted by atomic mass is 35.5. The highest BCUT2D eigenvalue weighted by Gasteiger charge is 2.18. The van der Waals surface area contributed by atoms with Crippen molar-refractivity contribution in [3.8, 4) is 11.1 Å². The Bertz CT molecular complexity index is 671. The van der Waals surface area contributed by atoms with Crippen molar-refractivity contribution in [3.05, 3.63) is 62.1 Å². The van der Waals surface area contributed by atoms with Gasteiger partial charge in [0.2, 0.25) is 0 Å². The van der Waals surface area contributed by atoms with Crippen LogP contribution in [0.25, 0.3) is 11.1 Å². The monoisotopic (exact) mass is 295 g/mol. The number of halogens is 2. The molecule has 2 aromatic rings. The van der Waals surface area contributed by atoms with Crippen molar-refractivity contribution in [1.29, 1.82) is 0 Å². The van der Waals surface area contributed by atoms with Gasteiger partial charge in [0.25, 0.3) is 5.69 Å². The van der Waals surface area contributed by atoms with Gasteiger partial charge in [0.15, 0.2) is 0 Å². The highest BCUT2D eigenvalue weighted by Crippen LogP contribution is 2.36. The number of rotatable bonds is 3. The summed E-state index contributed by atoms with van der Waals surface area (Å²) >= 11 is 11.9. The van der Waals surface area contributed by atoms with E-state index in [9.17, 15) is 14.9 Å². The standard InChI is InChI=1S/C13H7Cl2NO3/c14-9-2-4-12(15)11(6-9)10-3-1-8(7-17)5-13(10)16(18)19/h1-7H. The van der Waals surface area contributed by atoms with E-state index in [4.69, 9.17) is 23.2 Å². The van der Waals surface area contributed by atoms with Gasteiger partial charge in [-0.3, -0.25) is 14.9 Å². The van der Waals surface area contributed by atoms with Crippen LogP contribution in [0, 0.1) is 10.1 Å². The summed E-state index contributed by atoms with van der Waals surface area (Å²) in [4.78, 5) is 21.2. The van der Waals surface area contributed by atoms with Gasteiger partial charge in [-0.15, -0.1) is 0 Å². The predicted octanol–water partition coefficient (Wildman–Crippen LogP) is 4.38. The van der Waals surface area contributed by atoms with Crippen LogP contribution in [0.1, 0.15) is 10.4 Å². The SMILES string of the molecule is O=Cc1ccc(-c2cc(Cl)ccc2Cl)c([N+](=O)[O-])c1. The first-order valence-corrected chi connectivity index (χ1v) is 5.97. The van der Waals surface area contributed by atoms with Crippen LogP contribution in [0.5, 0.6) is 0 Å². The number of carbonyl (C=O) groups is 1. The first kappa shape index (κ1) is 13.5. The summed E-state index contributed by atoms with van der Waals surface area (Å²) in [5.74, 6) is 0. The molecule has 0 aliphatic rings. The minimum atomic E-state index is -0.556. The smallest absolute Gasteiger partial charge is 0.277 e. The summed E-state index contributed by atoms with van der Waals surface area (Å²) in [6.45, 7) is 0. The van der Waals surface area contributed by atoms with Gasteiger partial charge < -0.3 is 0 Å². The average Bonchev–Trinajstić information content (AvgIpc) is 2.40. The van der Waals surface area contributed by atoms with E-state index < -0.39 is 4.92 Å². The minimum absolute atomic E-state index is 0.186. The molecule has 0 bridgehead atoms. The third-order valence-corrected chi connectivity index (χ3v) is 3.14. The average molecular weight is 296 g/mol. The molecule has 0 radical (unpaired) electrons. The van der Waals surface area contributed by atoms with Gasteiger partial charge in [0, 0.05) is 27.2 Å². The fraction of sp³-hybridized carbons (Fsp3) is 0. The molecule has 0 aliphatic carbocycles. The first-order chi connectivity index (χ1) is 9.02. The van der Waals surface area contributed by atoms with E-state index in [0.29, 0.717) is 27.5 Å². The zero-order chi connectivity index (χ0) is 14.0. The Morgan fingerprint density at radius 3 is 2.42 bits per heavy atom. The number of benzene rings is 2. The Kier molecular flexibility index (Phi) is 3.83. The number of carbonyl (C=O) groups excluding carboxylic acids is 1. The van der Waals surface area contributed by atoms with E-state index in [1.165, 1.54) is 18.2 Å². The third-order valence-electron chi connectivity index (χ3n) is 2.57. The maximum Gasteiger partial charge on any atom is 0.277 e. The molecular weight excluding hydrogens is 289 g/mol. The van der Waals surface area contributed by atoms with Crippen LogP contribution in [0.2, 0.25) is 10.0 Å². The quantitative estimate of drug-likeness (QED) is 0.479. The fourth-order valence-electron chi connectivity index (χ4n) is 1.70. The summed E-state index contributed by atoms with van der Waals surface area (Å²) in [5, 5.41) is 11.9. The van der Waals surface area contributed by atoms with Crippen molar-refractivity contribution in [3.63, 3.8) is 0 Å². The zero-order valence-electron chi connectivity index (χ0n) is 9.47. The molecule has 6 heteroatoms. The van der Waals surface area contributed by atoms with Crippen LogP contribution in [-0.4, -0.2) is 11.2 Å². The van der Waals surface area contributed by atoms with E-state index >= 15 is 0 Å². The molecule has 0 heterocycles. The molecule has 0 amide bonds. The molecule has 19 heavy (non-hydrogen) atoms. The fourth-order valence-corrected chi connectivity index (χ4v) is 2.10. The van der Waals surface area contributed by atoms with E-state index in [1.54, 1.807) is 18.2 Å². The van der Waals surface area contributed by atoms with Crippen LogP contribution < -0.4 is 0 Å². The molecule has 0 spiro atoms. The Labute approximate surface area is 118 Å². The Balaban J connectivity index is 2.71. The van der Waals surface area contributed by atoms with Gasteiger partial charge in [-0.1, -0.05) is 29.3 Å². The third kappa shape index (κ3) is 2.75. The lowest BCUT2D eigenvalue weighted by Crippen LogP contribution is -1.94. The molecule has 96 valence electrons. The topological polar surface area (TPSA) is 60.2 Å². The zero-order valence-corrected chi connectivity index (χ0v) is 11.0. The number of aldehydes is 1. The summed E-state index contributed by atoms with van der Waals surface area (Å²) < 4.78 is 0. The maximum atomic E-state index is 11.1. The molecule has 2 rings (SSSR count). The van der Waals surface area contributed by atoms with Gasteiger partial charge in [-0.2, -0.15) is 0 Å². The van der Waals surface area contributed by atoms with Gasteiger partial charge in [-0.25, -0.2) is 0 Å². The minimum Gasteiger partial charge on any atom is -0.298 e. The number of nitro benzene ring substituents is 1. The van der Waals surface area contributed by atoms with Crippen LogP contribution in [0.4, 0.5) is 5.69 Å². The second-order valence-corrected chi connectivity index (χ2v) is 4.62. The van der Waals surface area contributed by atoms with E-state index in [0.717, 1.165) is 0 Å². The lowest BCUT2D eigenvalue weighted by atomic mass is 10.0. The summed E-state index contributed by atoms with van der Waals surface area (Å²) in [7, 11) is 0. The van der Waals surface area contributed by atoms with E-state index in [-0.39, 0.29) is 11.3 Å². The number of hydrogen-bond donors (Lipinski definition) is 0. The van der Waals surface area contributed by atoms with E-state index in [2.05, 4.69) is 0 Å². The second kappa shape index (κ2) is 5.38. The molecule has 0 atom stereocenters. The van der Waals surface area contributed by atoms with Crippen molar-refractivity contribution in [2.24, 2.45) is 0 Å². The number of nitro groups is 1. The Morgan fingerprint density at radius 1 is 1.05 bits per heavy atom. The van der Waals surface area contributed by atoms with Gasteiger partial charge in [-0.05, 0) is 24.3 Å². The highest BCUT2D eigenvalue weighted by molar-refractivity contribution is 6.35. The lowest BCUT2D eigenvalue weighted by Gasteiger charge is -2.06. The molecule has 0 fully saturated rings. The van der Waals surface area contributed by atoms with Crippen LogP contribution in [0.3, 0.4) is 0 Å². The summed E-state index contributed by atoms with van der Waals surface area (Å²) in [6.07, 6.45) is 0.552. The number of hydrogen-bond acceptors (Lipinski definition) is 3. The van der Waals surface area contributed by atoms with Crippen molar-refractivity contribution in [1.82, 2.24) is 0 Å². The Hall–Kier alpha value is -1.91. The molecule has 0 N–H and O–H groups in total. The van der Waals surface area contributed by atoms with Crippen LogP contribution in [0.15, 0.2) is 36.4 Å². The first-order valence-electron chi connectivity index (χ1n) is 5.22. The summed E-state index contributed by atoms with van der Waals surface area (Å²) in [6, 6.07) is 8.90. The second-order valence-electron chi connectivity index (χ2n) is 3.78. The molecule has 0 unspecified atom stereocenters. The molecule has 2 aromatic carbocycles. The van der Waals surface area contributed by atoms with Gasteiger partial charge >= 0.3 is 0 Å². The molecule has 0 saturated carbocycles. The number of nitrogens with zero attached hydrogens (tertiary/aromatic N) is 1. The molecular formula is C13H7Cl2NO3. The lowest BCUT2D eigenvalue weighted by molar-refractivity contribution is -0.384. The largest absolute Gasteiger partial charge is 0.298 e. The van der Waals surface area contributed by atoms with Crippen molar-refractivity contribution >= 4 is 35.2 Å². The normalized spacial score (nSPS) is 10.2. The maximum absolute atomic E-state index is 11.1. The molecule has 0 aromatic heterocycles. The van der Waals surface area contributed by atoms with Crippen molar-refractivity contribution in [2.45, 2.75) is 0 Å². The van der Waals surface area contributed by atoms with E-state index in [1.807, 2.05) is 0 Å². The van der Waals surface area contributed by atoms with Gasteiger partial charge in [0.05, 0.1) is 10.5 Å². The molecule has 4 nitrogen and oxygen atoms in total. The van der Waals surface area contributed by atoms with Crippen molar-refractivity contribution in [2.75, 3.05) is 0 Å². The molecule has 0 saturated heterocycles. The van der Waals surface area contributed by atoms with Gasteiger partial charge in [0.1, 0.15) is 6.29 Å². The van der Waals surface area contributed by atoms with Crippen LogP contribution in [-0.2, 0) is 0 Å². The Morgan fingerprint density at radius 2 is 1.79 bits per heavy atom. The van der Waals surface area contributed by atoms with Crippen LogP contribution >= 0.6 is 23.2 Å². The summed E-state index contributed by atoms with van der Waals surface area (Å²) in [5.41, 5.74) is 0.823. The molecule has 0 aliphatic heterocycles. The van der Waals surface area contributed by atoms with Crippen molar-refractivity contribution < 1.29 is 9.72 Å².